The number of nitrogens with one attached hydrogen (secondary N) is 1. The Morgan fingerprint density at radius 1 is 1.28 bits per heavy atom. The van der Waals surface area contributed by atoms with E-state index in [1.54, 1.807) is 6.33 Å². The summed E-state index contributed by atoms with van der Waals surface area (Å²) in [7, 11) is 0. The first kappa shape index (κ1) is 19.2. The van der Waals surface area contributed by atoms with Gasteiger partial charge in [0.05, 0.1) is 18.6 Å². The van der Waals surface area contributed by atoms with Crippen LogP contribution in [0, 0.1) is 6.92 Å². The Hall–Kier alpha value is -3.09. The molecule has 0 unspecified atom stereocenters. The Bertz CT molecular complexity index is 1110. The normalized spacial score (nSPS) is 13.3. The number of aromatic nitrogens is 2. The van der Waals surface area contributed by atoms with Crippen molar-refractivity contribution >= 4 is 16.9 Å². The average molecular weight is 395 g/mol. The summed E-state index contributed by atoms with van der Waals surface area (Å²) in [6, 6.07) is 3.78. The summed E-state index contributed by atoms with van der Waals surface area (Å²) in [4.78, 5) is 28.7. The molecule has 1 aliphatic carbocycles. The number of imidazole rings is 1. The first-order valence-electron chi connectivity index (χ1n) is 10.0. The van der Waals surface area contributed by atoms with Gasteiger partial charge in [0.1, 0.15) is 11.3 Å². The van der Waals surface area contributed by atoms with Gasteiger partial charge in [-0.05, 0) is 57.2 Å². The van der Waals surface area contributed by atoms with Gasteiger partial charge in [-0.25, -0.2) is 9.78 Å². The van der Waals surface area contributed by atoms with Crippen molar-refractivity contribution in [3.05, 3.63) is 57.5 Å². The fraction of sp³-hybridized carbons (Fsp3) is 0.409. The molecule has 0 aliphatic heterocycles. The molecule has 2 aromatic heterocycles. The van der Waals surface area contributed by atoms with Crippen LogP contribution in [0.15, 0.2) is 33.9 Å². The lowest BCUT2D eigenvalue weighted by Gasteiger charge is -2.18. The van der Waals surface area contributed by atoms with E-state index in [9.17, 15) is 9.59 Å². The van der Waals surface area contributed by atoms with Crippen molar-refractivity contribution in [2.75, 3.05) is 6.61 Å². The molecule has 7 heteroatoms. The lowest BCUT2D eigenvalue weighted by Crippen LogP contribution is -2.28. The Kier molecular flexibility index (Phi) is 5.38. The summed E-state index contributed by atoms with van der Waals surface area (Å²) in [5.74, 6) is 0.309. The molecule has 0 saturated heterocycles. The lowest BCUT2D eigenvalue weighted by atomic mass is 9.90. The van der Waals surface area contributed by atoms with Gasteiger partial charge in [0.15, 0.2) is 6.61 Å². The fourth-order valence-electron chi connectivity index (χ4n) is 3.84. The van der Waals surface area contributed by atoms with Crippen molar-refractivity contribution in [3.8, 4) is 5.75 Å². The van der Waals surface area contributed by atoms with Crippen LogP contribution < -0.4 is 15.7 Å². The van der Waals surface area contributed by atoms with Crippen LogP contribution in [-0.4, -0.2) is 22.1 Å². The van der Waals surface area contributed by atoms with Crippen molar-refractivity contribution in [1.29, 1.82) is 0 Å². The van der Waals surface area contributed by atoms with Gasteiger partial charge < -0.3 is 19.0 Å². The van der Waals surface area contributed by atoms with Gasteiger partial charge in [-0.3, -0.25) is 4.79 Å². The van der Waals surface area contributed by atoms with Crippen LogP contribution in [0.3, 0.4) is 0 Å². The maximum atomic E-state index is 12.4. The van der Waals surface area contributed by atoms with E-state index in [0.29, 0.717) is 17.9 Å². The predicted molar refractivity (Wildman–Crippen MR) is 109 cm³/mol. The van der Waals surface area contributed by atoms with Crippen LogP contribution in [0.5, 0.6) is 5.75 Å². The van der Waals surface area contributed by atoms with Crippen molar-refractivity contribution in [2.45, 2.75) is 52.6 Å². The molecular weight excluding hydrogens is 370 g/mol. The number of ether oxygens (including phenoxy) is 1. The third-order valence-corrected chi connectivity index (χ3v) is 5.47. The van der Waals surface area contributed by atoms with Crippen LogP contribution in [0.1, 0.15) is 42.1 Å². The highest BCUT2D eigenvalue weighted by Gasteiger charge is 2.20. The summed E-state index contributed by atoms with van der Waals surface area (Å²) in [5, 5.41) is 3.77. The van der Waals surface area contributed by atoms with Gasteiger partial charge in [-0.1, -0.05) is 0 Å². The van der Waals surface area contributed by atoms with Gasteiger partial charge in [-0.15, -0.1) is 0 Å². The number of rotatable bonds is 6. The van der Waals surface area contributed by atoms with Crippen LogP contribution in [0.25, 0.3) is 11.0 Å². The van der Waals surface area contributed by atoms with Gasteiger partial charge in [0.2, 0.25) is 0 Å². The third kappa shape index (κ3) is 3.90. The van der Waals surface area contributed by atoms with Crippen molar-refractivity contribution in [1.82, 2.24) is 14.9 Å². The van der Waals surface area contributed by atoms with Gasteiger partial charge in [0, 0.05) is 29.3 Å². The Morgan fingerprint density at radius 3 is 2.83 bits per heavy atom. The van der Waals surface area contributed by atoms with Crippen LogP contribution in [0.4, 0.5) is 0 Å². The molecule has 2 heterocycles. The van der Waals surface area contributed by atoms with Crippen molar-refractivity contribution in [2.24, 2.45) is 0 Å². The number of hydrogen-bond donors (Lipinski definition) is 1. The molecule has 4 rings (SSSR count). The number of carbonyl (C=O) groups excluding carboxylic acids is 1. The molecule has 1 aromatic carbocycles. The highest BCUT2D eigenvalue weighted by atomic mass is 16.5. The highest BCUT2D eigenvalue weighted by molar-refractivity contribution is 5.86. The number of nitrogens with zero attached hydrogens (tertiary/aromatic N) is 2. The summed E-state index contributed by atoms with van der Waals surface area (Å²) < 4.78 is 13.3. The molecule has 0 radical (unpaired) electrons. The monoisotopic (exact) mass is 395 g/mol. The molecular formula is C22H25N3O4. The summed E-state index contributed by atoms with van der Waals surface area (Å²) in [6.45, 7) is 4.96. The molecule has 0 saturated carbocycles. The Morgan fingerprint density at radius 2 is 2.07 bits per heavy atom. The topological polar surface area (TPSA) is 86.4 Å². The van der Waals surface area contributed by atoms with E-state index in [2.05, 4.69) is 10.3 Å². The van der Waals surface area contributed by atoms with Crippen LogP contribution >= 0.6 is 0 Å². The van der Waals surface area contributed by atoms with Crippen molar-refractivity contribution < 1.29 is 13.9 Å². The SMILES string of the molecule is CCn1cnc(CNC(=O)COc2ccc3c4c(c(=O)oc3c2C)CCCC4)c1. The zero-order chi connectivity index (χ0) is 20.4. The quantitative estimate of drug-likeness (QED) is 0.649. The molecule has 152 valence electrons. The molecule has 1 aliphatic rings. The summed E-state index contributed by atoms with van der Waals surface area (Å²) in [6.07, 6.45) is 7.42. The number of hydrogen-bond acceptors (Lipinski definition) is 5. The van der Waals surface area contributed by atoms with E-state index in [0.717, 1.165) is 60.0 Å². The minimum Gasteiger partial charge on any atom is -0.483 e. The zero-order valence-electron chi connectivity index (χ0n) is 16.8. The Balaban J connectivity index is 1.46. The number of amides is 1. The van der Waals surface area contributed by atoms with Crippen molar-refractivity contribution in [3.63, 3.8) is 0 Å². The first-order chi connectivity index (χ1) is 14.1. The fourth-order valence-corrected chi connectivity index (χ4v) is 3.84. The molecule has 0 atom stereocenters. The van der Waals surface area contributed by atoms with E-state index in [1.807, 2.05) is 36.7 Å². The first-order valence-corrected chi connectivity index (χ1v) is 10.0. The minimum atomic E-state index is -0.253. The molecule has 3 aromatic rings. The minimum absolute atomic E-state index is 0.115. The predicted octanol–water partition coefficient (Wildman–Crippen LogP) is 2.89. The standard InChI is InChI=1S/C22H25N3O4/c1-3-25-11-15(24-13-25)10-23-20(26)12-28-19-9-8-17-16-6-4-5-7-18(16)22(27)29-21(17)14(19)2/h8-9,11,13H,3-7,10,12H2,1-2H3,(H,23,26). The molecule has 0 bridgehead atoms. The number of benzene rings is 1. The third-order valence-electron chi connectivity index (χ3n) is 5.47. The van der Waals surface area contributed by atoms with Gasteiger partial charge in [-0.2, -0.15) is 0 Å². The molecule has 29 heavy (non-hydrogen) atoms. The molecule has 0 spiro atoms. The lowest BCUT2D eigenvalue weighted by molar-refractivity contribution is -0.123. The highest BCUT2D eigenvalue weighted by Crippen LogP contribution is 2.32. The summed E-state index contributed by atoms with van der Waals surface area (Å²) >= 11 is 0. The van der Waals surface area contributed by atoms with Crippen LogP contribution in [-0.2, 0) is 30.7 Å². The van der Waals surface area contributed by atoms with Crippen LogP contribution in [0.2, 0.25) is 0 Å². The maximum absolute atomic E-state index is 12.4. The van der Waals surface area contributed by atoms with Gasteiger partial charge >= 0.3 is 5.63 Å². The number of aryl methyl sites for hydroxylation is 3. The van der Waals surface area contributed by atoms with E-state index in [-0.39, 0.29) is 18.1 Å². The average Bonchev–Trinajstić information content (AvgIpc) is 3.21. The maximum Gasteiger partial charge on any atom is 0.339 e. The second-order valence-corrected chi connectivity index (χ2v) is 7.38. The smallest absolute Gasteiger partial charge is 0.339 e. The largest absolute Gasteiger partial charge is 0.483 e. The number of carbonyl (C=O) groups is 1. The molecule has 0 fully saturated rings. The van der Waals surface area contributed by atoms with E-state index in [4.69, 9.17) is 9.15 Å². The number of fused-ring (bicyclic) bond motifs is 3. The molecule has 7 nitrogen and oxygen atoms in total. The zero-order valence-corrected chi connectivity index (χ0v) is 16.8. The molecule has 1 N–H and O–H groups in total. The second-order valence-electron chi connectivity index (χ2n) is 7.38. The Labute approximate surface area is 168 Å². The van der Waals surface area contributed by atoms with E-state index < -0.39 is 0 Å². The van der Waals surface area contributed by atoms with E-state index >= 15 is 0 Å². The molecule has 1 amide bonds. The van der Waals surface area contributed by atoms with E-state index in [1.165, 1.54) is 0 Å². The summed E-state index contributed by atoms with van der Waals surface area (Å²) in [5.41, 5.74) is 3.74. The van der Waals surface area contributed by atoms with Gasteiger partial charge in [0.25, 0.3) is 5.91 Å². The second kappa shape index (κ2) is 8.11.